The zero-order valence-corrected chi connectivity index (χ0v) is 24.0. The number of rotatable bonds is 7. The van der Waals surface area contributed by atoms with Crippen molar-refractivity contribution in [2.45, 2.75) is 32.1 Å². The van der Waals surface area contributed by atoms with Crippen LogP contribution < -0.4 is 4.90 Å². The zero-order valence-electron chi connectivity index (χ0n) is 22.4. The molecule has 0 spiro atoms. The molecule has 0 amide bonds. The summed E-state index contributed by atoms with van der Waals surface area (Å²) in [6.07, 6.45) is 6.55. The van der Waals surface area contributed by atoms with Crippen LogP contribution in [0.2, 0.25) is 0 Å². The number of anilines is 3. The number of para-hydroxylation sites is 2. The number of hydrogen-bond acceptors (Lipinski definition) is 1. The largest absolute Gasteiger partial charge is 0.310 e. The van der Waals surface area contributed by atoms with Gasteiger partial charge in [0.15, 0.2) is 0 Å². The average molecular weight is 571 g/mol. The van der Waals surface area contributed by atoms with Gasteiger partial charge in [0.25, 0.3) is 0 Å². The Labute approximate surface area is 240 Å². The fourth-order valence-corrected chi connectivity index (χ4v) is 6.39. The Bertz CT molecular complexity index is 1570. The molecule has 5 aromatic carbocycles. The van der Waals surface area contributed by atoms with E-state index in [1.807, 2.05) is 0 Å². The van der Waals surface area contributed by atoms with Gasteiger partial charge in [0.1, 0.15) is 0 Å². The summed E-state index contributed by atoms with van der Waals surface area (Å²) in [7, 11) is 0. The standard InChI is InChI=1S/C37H32BrN/c1-3-37(4-2)35-25-28(16-15-27-17-20-29(38)21-18-27)19-23-33(35)34-24-22-32(26-36(34)37)39(30-11-7-5-8-12-30)31-13-9-6-10-14-31/h5-26H,3-4H2,1-2H3/b16-15+. The molecule has 1 nitrogen and oxygen atoms in total. The second-order valence-electron chi connectivity index (χ2n) is 10.2. The highest BCUT2D eigenvalue weighted by molar-refractivity contribution is 9.10. The normalized spacial score (nSPS) is 13.3. The Kier molecular flexibility index (Phi) is 6.97. The topological polar surface area (TPSA) is 3.24 Å². The van der Waals surface area contributed by atoms with E-state index in [-0.39, 0.29) is 5.41 Å². The van der Waals surface area contributed by atoms with Crippen molar-refractivity contribution in [3.05, 3.63) is 148 Å². The number of nitrogens with zero attached hydrogens (tertiary/aromatic N) is 1. The molecule has 0 unspecified atom stereocenters. The Morgan fingerprint density at radius 1 is 0.564 bits per heavy atom. The molecule has 5 aromatic rings. The molecule has 0 saturated heterocycles. The van der Waals surface area contributed by atoms with Gasteiger partial charge >= 0.3 is 0 Å². The minimum absolute atomic E-state index is 0.0127. The first-order valence-corrected chi connectivity index (χ1v) is 14.6. The maximum Gasteiger partial charge on any atom is 0.0465 e. The molecule has 0 aromatic heterocycles. The molecule has 1 aliphatic rings. The third-order valence-corrected chi connectivity index (χ3v) is 8.73. The van der Waals surface area contributed by atoms with Gasteiger partial charge in [-0.1, -0.05) is 115 Å². The molecular formula is C37H32BrN. The molecule has 39 heavy (non-hydrogen) atoms. The second kappa shape index (κ2) is 10.7. The molecular weight excluding hydrogens is 538 g/mol. The van der Waals surface area contributed by atoms with Crippen LogP contribution in [-0.4, -0.2) is 0 Å². The summed E-state index contributed by atoms with van der Waals surface area (Å²) in [5.74, 6) is 0. The maximum atomic E-state index is 3.53. The molecule has 0 bridgehead atoms. The van der Waals surface area contributed by atoms with E-state index in [2.05, 4.69) is 168 Å². The van der Waals surface area contributed by atoms with Gasteiger partial charge in [-0.25, -0.2) is 0 Å². The zero-order chi connectivity index (χ0) is 26.8. The summed E-state index contributed by atoms with van der Waals surface area (Å²) in [6, 6.07) is 43.9. The van der Waals surface area contributed by atoms with Crippen LogP contribution in [0.1, 0.15) is 48.9 Å². The minimum atomic E-state index is -0.0127. The molecule has 0 aliphatic heterocycles. The van der Waals surface area contributed by atoms with Gasteiger partial charge in [0.2, 0.25) is 0 Å². The van der Waals surface area contributed by atoms with E-state index < -0.39 is 0 Å². The van der Waals surface area contributed by atoms with Gasteiger partial charge in [-0.2, -0.15) is 0 Å². The van der Waals surface area contributed by atoms with Crippen molar-refractivity contribution in [1.29, 1.82) is 0 Å². The molecule has 0 N–H and O–H groups in total. The molecule has 2 heteroatoms. The van der Waals surface area contributed by atoms with Crippen molar-refractivity contribution in [3.63, 3.8) is 0 Å². The van der Waals surface area contributed by atoms with Gasteiger partial charge in [0.05, 0.1) is 0 Å². The monoisotopic (exact) mass is 569 g/mol. The SMILES string of the molecule is CCC1(CC)c2cc(/C=C/c3ccc(Br)cc3)ccc2-c2ccc(N(c3ccccc3)c3ccccc3)cc21. The fraction of sp³-hybridized carbons (Fsp3) is 0.135. The summed E-state index contributed by atoms with van der Waals surface area (Å²) in [5.41, 5.74) is 11.6. The summed E-state index contributed by atoms with van der Waals surface area (Å²) in [5, 5.41) is 0. The van der Waals surface area contributed by atoms with E-state index >= 15 is 0 Å². The van der Waals surface area contributed by atoms with E-state index in [1.54, 1.807) is 0 Å². The molecule has 0 heterocycles. The molecule has 0 atom stereocenters. The van der Waals surface area contributed by atoms with Crippen molar-refractivity contribution in [2.24, 2.45) is 0 Å². The highest BCUT2D eigenvalue weighted by atomic mass is 79.9. The van der Waals surface area contributed by atoms with E-state index in [4.69, 9.17) is 0 Å². The lowest BCUT2D eigenvalue weighted by Gasteiger charge is -2.32. The van der Waals surface area contributed by atoms with Crippen LogP contribution in [0.5, 0.6) is 0 Å². The number of hydrogen-bond donors (Lipinski definition) is 0. The minimum Gasteiger partial charge on any atom is -0.310 e. The lowest BCUT2D eigenvalue weighted by Crippen LogP contribution is -2.23. The van der Waals surface area contributed by atoms with Crippen LogP contribution >= 0.6 is 15.9 Å². The van der Waals surface area contributed by atoms with Crippen molar-refractivity contribution < 1.29 is 0 Å². The van der Waals surface area contributed by atoms with Crippen molar-refractivity contribution in [3.8, 4) is 11.1 Å². The highest BCUT2D eigenvalue weighted by Crippen LogP contribution is 2.54. The maximum absolute atomic E-state index is 3.53. The molecule has 1 aliphatic carbocycles. The van der Waals surface area contributed by atoms with Gasteiger partial charge in [-0.15, -0.1) is 0 Å². The average Bonchev–Trinajstić information content (AvgIpc) is 3.27. The van der Waals surface area contributed by atoms with Crippen molar-refractivity contribution in [1.82, 2.24) is 0 Å². The quantitative estimate of drug-likeness (QED) is 0.176. The Balaban J connectivity index is 1.44. The lowest BCUT2D eigenvalue weighted by molar-refractivity contribution is 0.490. The third kappa shape index (κ3) is 4.64. The third-order valence-electron chi connectivity index (χ3n) is 8.20. The molecule has 192 valence electrons. The summed E-state index contributed by atoms with van der Waals surface area (Å²) in [4.78, 5) is 2.37. The van der Waals surface area contributed by atoms with Crippen LogP contribution in [0.3, 0.4) is 0 Å². The lowest BCUT2D eigenvalue weighted by atomic mass is 9.73. The van der Waals surface area contributed by atoms with Crippen molar-refractivity contribution >= 4 is 45.1 Å². The number of halogens is 1. The van der Waals surface area contributed by atoms with Crippen molar-refractivity contribution in [2.75, 3.05) is 4.90 Å². The predicted molar refractivity (Wildman–Crippen MR) is 171 cm³/mol. The number of fused-ring (bicyclic) bond motifs is 3. The Hall–Kier alpha value is -3.88. The van der Waals surface area contributed by atoms with E-state index in [0.717, 1.165) is 28.7 Å². The van der Waals surface area contributed by atoms with Gasteiger partial charge in [-0.3, -0.25) is 0 Å². The number of benzene rings is 5. The molecule has 0 saturated carbocycles. The van der Waals surface area contributed by atoms with Gasteiger partial charge in [0, 0.05) is 26.9 Å². The van der Waals surface area contributed by atoms with E-state index in [1.165, 1.54) is 39.1 Å². The smallest absolute Gasteiger partial charge is 0.0465 e. The highest BCUT2D eigenvalue weighted by Gasteiger charge is 2.41. The fourth-order valence-electron chi connectivity index (χ4n) is 6.12. The van der Waals surface area contributed by atoms with E-state index in [9.17, 15) is 0 Å². The predicted octanol–water partition coefficient (Wildman–Crippen LogP) is 11.2. The van der Waals surface area contributed by atoms with Crippen LogP contribution in [-0.2, 0) is 5.41 Å². The van der Waals surface area contributed by atoms with Crippen LogP contribution in [0.25, 0.3) is 23.3 Å². The first-order valence-electron chi connectivity index (χ1n) is 13.8. The first-order chi connectivity index (χ1) is 19.1. The first kappa shape index (κ1) is 25.4. The Morgan fingerprint density at radius 3 is 1.67 bits per heavy atom. The second-order valence-corrected chi connectivity index (χ2v) is 11.1. The molecule has 0 radical (unpaired) electrons. The summed E-state index contributed by atoms with van der Waals surface area (Å²) >= 11 is 3.53. The van der Waals surface area contributed by atoms with E-state index in [0.29, 0.717) is 0 Å². The summed E-state index contributed by atoms with van der Waals surface area (Å²) < 4.78 is 1.10. The van der Waals surface area contributed by atoms with Gasteiger partial charge in [-0.05, 0) is 94.8 Å². The summed E-state index contributed by atoms with van der Waals surface area (Å²) in [6.45, 7) is 4.68. The Morgan fingerprint density at radius 2 is 1.08 bits per heavy atom. The molecule has 0 fully saturated rings. The van der Waals surface area contributed by atoms with Crippen LogP contribution in [0.4, 0.5) is 17.1 Å². The van der Waals surface area contributed by atoms with Gasteiger partial charge < -0.3 is 4.90 Å². The molecule has 6 rings (SSSR count). The van der Waals surface area contributed by atoms with Crippen LogP contribution in [0, 0.1) is 0 Å². The van der Waals surface area contributed by atoms with Crippen LogP contribution in [0.15, 0.2) is 126 Å².